The lowest BCUT2D eigenvalue weighted by Gasteiger charge is -2.28. The van der Waals surface area contributed by atoms with Crippen molar-refractivity contribution in [2.45, 2.75) is 11.6 Å². The van der Waals surface area contributed by atoms with E-state index in [9.17, 15) is 0 Å². The summed E-state index contributed by atoms with van der Waals surface area (Å²) in [5.74, 6) is 0.639. The number of imidazole rings is 1. The second-order valence-electron chi connectivity index (χ2n) is 5.32. The maximum Gasteiger partial charge on any atom is 0.230 e. The Balaban J connectivity index is 1.70. The molecule has 1 atom stereocenters. The van der Waals surface area contributed by atoms with Crippen LogP contribution in [0, 0.1) is 0 Å². The molecule has 0 aliphatic carbocycles. The van der Waals surface area contributed by atoms with E-state index in [1.807, 2.05) is 24.3 Å². The van der Waals surface area contributed by atoms with Crippen molar-refractivity contribution in [3.8, 4) is 5.75 Å². The van der Waals surface area contributed by atoms with Gasteiger partial charge in [-0.2, -0.15) is 0 Å². The predicted octanol–water partition coefficient (Wildman–Crippen LogP) is 5.33. The average molecular weight is 398 g/mol. The number of ether oxygens (including phenoxy) is 2. The number of rotatable bonds is 7. The second-order valence-corrected chi connectivity index (χ2v) is 6.79. The lowest BCUT2D eigenvalue weighted by atomic mass is 10.1. The van der Waals surface area contributed by atoms with Crippen molar-refractivity contribution in [2.24, 2.45) is 0 Å². The van der Waals surface area contributed by atoms with Crippen LogP contribution in [0.5, 0.6) is 5.75 Å². The van der Waals surface area contributed by atoms with Gasteiger partial charge in [-0.05, 0) is 42.0 Å². The van der Waals surface area contributed by atoms with E-state index in [0.717, 1.165) is 5.56 Å². The molecule has 0 saturated heterocycles. The van der Waals surface area contributed by atoms with Crippen LogP contribution in [0.15, 0.2) is 67.3 Å². The van der Waals surface area contributed by atoms with Crippen LogP contribution in [-0.2, 0) is 16.3 Å². The first kappa shape index (κ1) is 18.1. The van der Waals surface area contributed by atoms with Gasteiger partial charge in [0, 0.05) is 28.9 Å². The summed E-state index contributed by atoms with van der Waals surface area (Å²) in [5.41, 5.74) is 0.972. The third kappa shape index (κ3) is 4.89. The molecule has 0 N–H and O–H groups in total. The summed E-state index contributed by atoms with van der Waals surface area (Å²) in [6.07, 6.45) is 5.39. The first-order valence-corrected chi connectivity index (χ1v) is 8.63. The zero-order chi connectivity index (χ0) is 17.7. The fraction of sp³-hybridized carbons (Fsp3) is 0.167. The molecule has 130 valence electrons. The van der Waals surface area contributed by atoms with E-state index in [1.165, 1.54) is 0 Å². The lowest BCUT2D eigenvalue weighted by Crippen LogP contribution is -2.33. The largest absolute Gasteiger partial charge is 0.467 e. The van der Waals surface area contributed by atoms with Gasteiger partial charge in [0.05, 0.1) is 6.33 Å². The molecule has 0 saturated carbocycles. The molecular formula is C18H15Cl3N2O2. The van der Waals surface area contributed by atoms with Gasteiger partial charge in [-0.25, -0.2) is 4.98 Å². The Bertz CT molecular complexity index is 792. The van der Waals surface area contributed by atoms with Crippen LogP contribution in [0.25, 0.3) is 0 Å². The molecule has 0 bridgehead atoms. The van der Waals surface area contributed by atoms with E-state index in [0.29, 0.717) is 22.2 Å². The maximum atomic E-state index is 6.74. The van der Waals surface area contributed by atoms with E-state index in [4.69, 9.17) is 44.3 Å². The van der Waals surface area contributed by atoms with Crippen molar-refractivity contribution in [2.75, 3.05) is 6.79 Å². The first-order chi connectivity index (χ1) is 12.0. The summed E-state index contributed by atoms with van der Waals surface area (Å²) in [6.45, 7) is -0.0309. The van der Waals surface area contributed by atoms with E-state index < -0.39 is 5.18 Å². The minimum atomic E-state index is -1.17. The van der Waals surface area contributed by atoms with Crippen LogP contribution >= 0.6 is 34.8 Å². The molecule has 0 aliphatic heterocycles. The number of halogens is 3. The number of alkyl halides is 1. The van der Waals surface area contributed by atoms with Gasteiger partial charge >= 0.3 is 0 Å². The van der Waals surface area contributed by atoms with Crippen molar-refractivity contribution < 1.29 is 9.47 Å². The minimum absolute atomic E-state index is 0.0309. The third-order valence-electron chi connectivity index (χ3n) is 3.54. The Morgan fingerprint density at radius 3 is 2.20 bits per heavy atom. The topological polar surface area (TPSA) is 36.3 Å². The van der Waals surface area contributed by atoms with Gasteiger partial charge in [-0.1, -0.05) is 46.9 Å². The Hall–Kier alpha value is -1.72. The Labute approximate surface area is 160 Å². The zero-order valence-corrected chi connectivity index (χ0v) is 15.4. The average Bonchev–Trinajstić information content (AvgIpc) is 3.14. The molecule has 1 heterocycles. The number of nitrogens with zero attached hydrogens (tertiary/aromatic N) is 2. The minimum Gasteiger partial charge on any atom is -0.467 e. The van der Waals surface area contributed by atoms with Crippen molar-refractivity contribution >= 4 is 34.8 Å². The molecule has 7 heteroatoms. The molecule has 25 heavy (non-hydrogen) atoms. The number of hydrogen-bond acceptors (Lipinski definition) is 3. The maximum absolute atomic E-state index is 6.74. The summed E-state index contributed by atoms with van der Waals surface area (Å²) in [7, 11) is 0. The fourth-order valence-electron chi connectivity index (χ4n) is 2.25. The van der Waals surface area contributed by atoms with Gasteiger partial charge in [0.2, 0.25) is 5.18 Å². The molecule has 4 nitrogen and oxygen atoms in total. The van der Waals surface area contributed by atoms with Crippen LogP contribution in [-0.4, -0.2) is 16.3 Å². The predicted molar refractivity (Wildman–Crippen MR) is 99.2 cm³/mol. The quantitative estimate of drug-likeness (QED) is 0.399. The van der Waals surface area contributed by atoms with Crippen LogP contribution in [0.2, 0.25) is 10.0 Å². The number of aromatic nitrogens is 2. The van der Waals surface area contributed by atoms with Crippen molar-refractivity contribution in [3.05, 3.63) is 82.9 Å². The molecule has 3 rings (SSSR count). The monoisotopic (exact) mass is 396 g/mol. The highest BCUT2D eigenvalue weighted by Crippen LogP contribution is 2.29. The molecule has 1 unspecified atom stereocenters. The first-order valence-electron chi connectivity index (χ1n) is 7.49. The molecule has 0 aliphatic rings. The van der Waals surface area contributed by atoms with Crippen LogP contribution in [0.3, 0.4) is 0 Å². The summed E-state index contributed by atoms with van der Waals surface area (Å²) in [5, 5.41) is 0.135. The fourth-order valence-corrected chi connectivity index (χ4v) is 2.80. The van der Waals surface area contributed by atoms with E-state index in [1.54, 1.807) is 47.6 Å². The molecule has 0 fully saturated rings. The zero-order valence-electron chi connectivity index (χ0n) is 13.1. The van der Waals surface area contributed by atoms with Crippen molar-refractivity contribution in [3.63, 3.8) is 0 Å². The van der Waals surface area contributed by atoms with Crippen molar-refractivity contribution in [1.29, 1.82) is 0 Å². The highest BCUT2D eigenvalue weighted by atomic mass is 35.5. The molecule has 2 aromatic carbocycles. The van der Waals surface area contributed by atoms with E-state index in [2.05, 4.69) is 4.98 Å². The smallest absolute Gasteiger partial charge is 0.230 e. The summed E-state index contributed by atoms with van der Waals surface area (Å²) >= 11 is 18.5. The molecular weight excluding hydrogens is 383 g/mol. The second kappa shape index (κ2) is 8.11. The molecule has 1 aromatic heterocycles. The van der Waals surface area contributed by atoms with Gasteiger partial charge in [-0.15, -0.1) is 0 Å². The molecule has 3 aromatic rings. The number of hydrogen-bond donors (Lipinski definition) is 0. The van der Waals surface area contributed by atoms with Crippen LogP contribution < -0.4 is 4.74 Å². The van der Waals surface area contributed by atoms with Gasteiger partial charge in [-0.3, -0.25) is 4.57 Å². The third-order valence-corrected chi connectivity index (χ3v) is 4.49. The van der Waals surface area contributed by atoms with Gasteiger partial charge in [0.25, 0.3) is 0 Å². The highest BCUT2D eigenvalue weighted by Gasteiger charge is 2.31. The van der Waals surface area contributed by atoms with Gasteiger partial charge in [0.1, 0.15) is 5.75 Å². The van der Waals surface area contributed by atoms with Crippen LogP contribution in [0.4, 0.5) is 0 Å². The SMILES string of the molecule is Clc1ccc(CC(Cl)(OCOc2ccc(Cl)cc2)n2ccnc2)cc1. The highest BCUT2D eigenvalue weighted by molar-refractivity contribution is 6.30. The molecule has 0 amide bonds. The number of benzene rings is 2. The molecule has 0 spiro atoms. The van der Waals surface area contributed by atoms with E-state index >= 15 is 0 Å². The lowest BCUT2D eigenvalue weighted by molar-refractivity contribution is -0.101. The Morgan fingerprint density at radius 2 is 1.60 bits per heavy atom. The van der Waals surface area contributed by atoms with E-state index in [-0.39, 0.29) is 6.79 Å². The standard InChI is InChI=1S/C18H15Cl3N2O2/c19-15-3-1-14(2-4-15)11-18(21,23-10-9-22-12-23)25-13-24-17-7-5-16(20)6-8-17/h1-10,12H,11,13H2. The summed E-state index contributed by atoms with van der Waals surface area (Å²) in [6, 6.07) is 14.4. The normalized spacial score (nSPS) is 13.4. The van der Waals surface area contributed by atoms with Crippen LogP contribution in [0.1, 0.15) is 5.56 Å². The molecule has 0 radical (unpaired) electrons. The Morgan fingerprint density at radius 1 is 0.960 bits per heavy atom. The Kier molecular flexibility index (Phi) is 5.86. The van der Waals surface area contributed by atoms with Gasteiger partial charge < -0.3 is 9.47 Å². The summed E-state index contributed by atoms with van der Waals surface area (Å²) < 4.78 is 13.1. The summed E-state index contributed by atoms with van der Waals surface area (Å²) in [4.78, 5) is 4.04. The van der Waals surface area contributed by atoms with Crippen molar-refractivity contribution in [1.82, 2.24) is 9.55 Å². The van der Waals surface area contributed by atoms with Gasteiger partial charge in [0.15, 0.2) is 6.79 Å².